The normalized spacial score (nSPS) is 14.5. The van der Waals surface area contributed by atoms with Crippen LogP contribution in [0.2, 0.25) is 0 Å². The van der Waals surface area contributed by atoms with Crippen LogP contribution in [0.25, 0.3) is 0 Å². The van der Waals surface area contributed by atoms with Gasteiger partial charge in [0.05, 0.1) is 0 Å². The first-order valence-corrected chi connectivity index (χ1v) is 8.53. The van der Waals surface area contributed by atoms with Crippen LogP contribution in [0.5, 0.6) is 5.75 Å². The number of aliphatic carboxylic acids is 1. The average Bonchev–Trinajstić information content (AvgIpc) is 2.63. The molecule has 0 bridgehead atoms. The van der Waals surface area contributed by atoms with Crippen LogP contribution in [0.3, 0.4) is 0 Å². The number of carboxylic acids is 1. The molecule has 0 aliphatic rings. The Morgan fingerprint density at radius 1 is 1.13 bits per heavy atom. The number of halogens is 4. The van der Waals surface area contributed by atoms with Crippen LogP contribution in [0.4, 0.5) is 17.6 Å². The summed E-state index contributed by atoms with van der Waals surface area (Å²) < 4.78 is 54.4. The van der Waals surface area contributed by atoms with Crippen LogP contribution >= 0.6 is 0 Å². The van der Waals surface area contributed by atoms with E-state index in [0.717, 1.165) is 0 Å². The van der Waals surface area contributed by atoms with Gasteiger partial charge in [-0.2, -0.15) is 0 Å². The molecule has 11 heteroatoms. The number of benzene rings is 2. The predicted molar refractivity (Wildman–Crippen MR) is 95.7 cm³/mol. The number of carbonyl (C=O) groups excluding carboxylic acids is 1. The quantitative estimate of drug-likeness (QED) is 0.475. The fraction of sp³-hybridized carbons (Fsp3) is 0.263. The Morgan fingerprint density at radius 2 is 1.77 bits per heavy atom. The standard InChI is InChI=1S/C19H18F4N2O5/c20-12-7-11(8-13(9-12)30-19(21,22)23)15(18(28)29)25-17(27)16(26)14(24)6-10-4-2-1-3-5-10/h1-5,7-9,14-16,26H,6,24H2,(H,25,27)(H,28,29)/t14-,15+,16+/m1/s1. The summed E-state index contributed by atoms with van der Waals surface area (Å²) in [4.78, 5) is 23.8. The first-order valence-electron chi connectivity index (χ1n) is 8.53. The molecule has 3 atom stereocenters. The second-order valence-corrected chi connectivity index (χ2v) is 6.35. The first-order chi connectivity index (χ1) is 14.0. The second kappa shape index (κ2) is 9.55. The maximum absolute atomic E-state index is 13.7. The lowest BCUT2D eigenvalue weighted by atomic mass is 10.0. The van der Waals surface area contributed by atoms with Crippen molar-refractivity contribution in [2.24, 2.45) is 5.73 Å². The molecule has 30 heavy (non-hydrogen) atoms. The van der Waals surface area contributed by atoms with Crippen molar-refractivity contribution in [1.29, 1.82) is 0 Å². The van der Waals surface area contributed by atoms with E-state index in [1.54, 1.807) is 30.3 Å². The lowest BCUT2D eigenvalue weighted by Gasteiger charge is -2.22. The van der Waals surface area contributed by atoms with E-state index in [4.69, 9.17) is 5.73 Å². The average molecular weight is 430 g/mol. The summed E-state index contributed by atoms with van der Waals surface area (Å²) in [6, 6.07) is 7.21. The summed E-state index contributed by atoms with van der Waals surface area (Å²) in [5, 5.41) is 21.4. The summed E-state index contributed by atoms with van der Waals surface area (Å²) in [5.74, 6) is -5.10. The van der Waals surface area contributed by atoms with E-state index >= 15 is 0 Å². The van der Waals surface area contributed by atoms with Gasteiger partial charge in [-0.25, -0.2) is 9.18 Å². The van der Waals surface area contributed by atoms with Gasteiger partial charge < -0.3 is 26.0 Å². The number of aliphatic hydroxyl groups excluding tert-OH is 1. The van der Waals surface area contributed by atoms with Crippen molar-refractivity contribution in [2.45, 2.75) is 31.0 Å². The lowest BCUT2D eigenvalue weighted by Crippen LogP contribution is -2.49. The minimum atomic E-state index is -5.13. The molecule has 0 fully saturated rings. The number of aliphatic hydroxyl groups is 1. The predicted octanol–water partition coefficient (Wildman–Crippen LogP) is 1.90. The van der Waals surface area contributed by atoms with Gasteiger partial charge in [-0.3, -0.25) is 4.79 Å². The number of carbonyl (C=O) groups is 2. The molecule has 1 amide bonds. The van der Waals surface area contributed by atoms with Gasteiger partial charge in [0.15, 0.2) is 6.04 Å². The van der Waals surface area contributed by atoms with E-state index in [0.29, 0.717) is 23.8 Å². The number of rotatable bonds is 8. The molecule has 0 heterocycles. The van der Waals surface area contributed by atoms with Crippen molar-refractivity contribution in [3.05, 3.63) is 65.5 Å². The van der Waals surface area contributed by atoms with Crippen molar-refractivity contribution in [1.82, 2.24) is 5.32 Å². The highest BCUT2D eigenvalue weighted by Crippen LogP contribution is 2.27. The molecule has 0 aliphatic heterocycles. The highest BCUT2D eigenvalue weighted by atomic mass is 19.4. The van der Waals surface area contributed by atoms with Gasteiger partial charge in [-0.1, -0.05) is 30.3 Å². The lowest BCUT2D eigenvalue weighted by molar-refractivity contribution is -0.274. The van der Waals surface area contributed by atoms with E-state index < -0.39 is 53.6 Å². The van der Waals surface area contributed by atoms with Crippen molar-refractivity contribution in [2.75, 3.05) is 0 Å². The number of hydrogen-bond acceptors (Lipinski definition) is 5. The fourth-order valence-electron chi connectivity index (χ4n) is 2.65. The van der Waals surface area contributed by atoms with Crippen LogP contribution in [0, 0.1) is 5.82 Å². The molecule has 2 rings (SSSR count). The van der Waals surface area contributed by atoms with Gasteiger partial charge in [-0.05, 0) is 29.7 Å². The molecule has 5 N–H and O–H groups in total. The van der Waals surface area contributed by atoms with Crippen molar-refractivity contribution >= 4 is 11.9 Å². The van der Waals surface area contributed by atoms with Crippen molar-refractivity contribution in [3.63, 3.8) is 0 Å². The Labute approximate surface area is 168 Å². The van der Waals surface area contributed by atoms with E-state index in [2.05, 4.69) is 4.74 Å². The number of amides is 1. The molecule has 2 aromatic carbocycles. The van der Waals surface area contributed by atoms with Gasteiger partial charge in [-0.15, -0.1) is 13.2 Å². The highest BCUT2D eigenvalue weighted by molar-refractivity contribution is 5.87. The third-order valence-electron chi connectivity index (χ3n) is 3.98. The van der Waals surface area contributed by atoms with Gasteiger partial charge >= 0.3 is 12.3 Å². The summed E-state index contributed by atoms with van der Waals surface area (Å²) in [7, 11) is 0. The number of nitrogens with one attached hydrogen (secondary N) is 1. The largest absolute Gasteiger partial charge is 0.573 e. The molecule has 0 radical (unpaired) electrons. The van der Waals surface area contributed by atoms with Crippen LogP contribution < -0.4 is 15.8 Å². The van der Waals surface area contributed by atoms with Gasteiger partial charge in [0, 0.05) is 12.1 Å². The molecule has 0 saturated heterocycles. The number of alkyl halides is 3. The minimum absolute atomic E-state index is 0.0939. The van der Waals surface area contributed by atoms with Crippen LogP contribution in [-0.2, 0) is 16.0 Å². The summed E-state index contributed by atoms with van der Waals surface area (Å²) in [6.45, 7) is 0. The van der Waals surface area contributed by atoms with Crippen LogP contribution in [-0.4, -0.2) is 40.6 Å². The third kappa shape index (κ3) is 6.71. The topological polar surface area (TPSA) is 122 Å². The van der Waals surface area contributed by atoms with Crippen LogP contribution in [0.15, 0.2) is 48.5 Å². The maximum Gasteiger partial charge on any atom is 0.573 e. The zero-order valence-corrected chi connectivity index (χ0v) is 15.3. The molecular formula is C19H18F4N2O5. The molecule has 0 spiro atoms. The molecule has 2 aromatic rings. The third-order valence-corrected chi connectivity index (χ3v) is 3.98. The maximum atomic E-state index is 13.7. The number of ether oxygens (including phenoxy) is 1. The Bertz CT molecular complexity index is 892. The Balaban J connectivity index is 2.16. The SMILES string of the molecule is N[C@H](Cc1ccccc1)[C@H](O)C(=O)N[C@H](C(=O)O)c1cc(F)cc(OC(F)(F)F)c1. The van der Waals surface area contributed by atoms with Gasteiger partial charge in [0.2, 0.25) is 0 Å². The number of hydrogen-bond donors (Lipinski definition) is 4. The van der Waals surface area contributed by atoms with Crippen LogP contribution in [0.1, 0.15) is 17.2 Å². The summed E-state index contributed by atoms with van der Waals surface area (Å²) in [5.41, 5.74) is 5.98. The molecule has 162 valence electrons. The molecule has 0 saturated carbocycles. The summed E-state index contributed by atoms with van der Waals surface area (Å²) in [6.07, 6.45) is -6.86. The van der Waals surface area contributed by atoms with Gasteiger partial charge in [0.1, 0.15) is 17.7 Å². The molecule has 0 aromatic heterocycles. The Morgan fingerprint density at radius 3 is 2.33 bits per heavy atom. The summed E-state index contributed by atoms with van der Waals surface area (Å²) >= 11 is 0. The van der Waals surface area contributed by atoms with Gasteiger partial charge in [0.25, 0.3) is 5.91 Å². The van der Waals surface area contributed by atoms with E-state index in [-0.39, 0.29) is 6.42 Å². The highest BCUT2D eigenvalue weighted by Gasteiger charge is 2.33. The number of carboxylic acid groups (broad SMARTS) is 1. The minimum Gasteiger partial charge on any atom is -0.479 e. The van der Waals surface area contributed by atoms with E-state index in [1.165, 1.54) is 0 Å². The molecule has 0 unspecified atom stereocenters. The van der Waals surface area contributed by atoms with E-state index in [1.807, 2.05) is 5.32 Å². The zero-order valence-electron chi connectivity index (χ0n) is 15.3. The van der Waals surface area contributed by atoms with E-state index in [9.17, 15) is 37.4 Å². The fourth-order valence-corrected chi connectivity index (χ4v) is 2.65. The monoisotopic (exact) mass is 430 g/mol. The smallest absolute Gasteiger partial charge is 0.479 e. The Kier molecular flexibility index (Phi) is 7.35. The molecule has 7 nitrogen and oxygen atoms in total. The molecule has 0 aliphatic carbocycles. The molecular weight excluding hydrogens is 412 g/mol. The number of nitrogens with two attached hydrogens (primary N) is 1. The first kappa shape index (κ1) is 23.1. The second-order valence-electron chi connectivity index (χ2n) is 6.35. The van der Waals surface area contributed by atoms with Crippen molar-refractivity contribution < 1.29 is 42.1 Å². The van der Waals surface area contributed by atoms with Crippen molar-refractivity contribution in [3.8, 4) is 5.75 Å². The zero-order chi connectivity index (χ0) is 22.5. The Hall–Kier alpha value is -3.18.